The number of alkyl halides is 1. The van der Waals surface area contributed by atoms with E-state index in [1.807, 2.05) is 55.5 Å². The lowest BCUT2D eigenvalue weighted by Gasteiger charge is -2.36. The van der Waals surface area contributed by atoms with Crippen molar-refractivity contribution < 1.29 is 19.1 Å². The second-order valence-corrected chi connectivity index (χ2v) is 9.05. The van der Waals surface area contributed by atoms with E-state index in [4.69, 9.17) is 21.1 Å². The molecule has 2 aromatic rings. The van der Waals surface area contributed by atoms with Crippen LogP contribution in [0.4, 0.5) is 0 Å². The molecular weight excluding hydrogens is 440 g/mol. The number of nitrogens with one attached hydrogen (secondary N) is 1. The van der Waals surface area contributed by atoms with Crippen LogP contribution in [0.15, 0.2) is 48.5 Å². The van der Waals surface area contributed by atoms with Crippen molar-refractivity contribution in [3.8, 4) is 11.5 Å². The lowest BCUT2D eigenvalue weighted by Crippen LogP contribution is -2.51. The van der Waals surface area contributed by atoms with Gasteiger partial charge in [-0.1, -0.05) is 55.7 Å². The first-order chi connectivity index (χ1) is 16.1. The van der Waals surface area contributed by atoms with E-state index in [0.29, 0.717) is 11.5 Å². The Labute approximate surface area is 200 Å². The predicted octanol–water partition coefficient (Wildman–Crippen LogP) is 4.39. The number of para-hydroxylation sites is 2. The molecule has 2 atom stereocenters. The Morgan fingerprint density at radius 1 is 1.06 bits per heavy atom. The molecule has 1 aliphatic carbocycles. The Bertz CT molecular complexity index is 976. The van der Waals surface area contributed by atoms with E-state index in [2.05, 4.69) is 5.32 Å². The van der Waals surface area contributed by atoms with E-state index < -0.39 is 12.1 Å². The smallest absolute Gasteiger partial charge is 0.247 e. The van der Waals surface area contributed by atoms with Crippen LogP contribution in [-0.2, 0) is 9.59 Å². The van der Waals surface area contributed by atoms with Crippen LogP contribution in [0.2, 0.25) is 0 Å². The van der Waals surface area contributed by atoms with E-state index in [1.165, 1.54) is 6.42 Å². The number of ether oxygens (including phenoxy) is 2. The molecule has 2 amide bonds. The highest BCUT2D eigenvalue weighted by Crippen LogP contribution is 2.33. The second kappa shape index (κ2) is 10.9. The molecule has 1 saturated carbocycles. The number of amides is 2. The average Bonchev–Trinajstić information content (AvgIpc) is 2.84. The highest BCUT2D eigenvalue weighted by molar-refractivity contribution is 6.27. The van der Waals surface area contributed by atoms with Crippen LogP contribution in [0.5, 0.6) is 11.5 Å². The number of carbonyl (C=O) groups excluding carboxylic acids is 2. The number of halogens is 1. The minimum absolute atomic E-state index is 0.131. The summed E-state index contributed by atoms with van der Waals surface area (Å²) in [5.74, 6) is 0.599. The molecule has 33 heavy (non-hydrogen) atoms. The second-order valence-electron chi connectivity index (χ2n) is 8.78. The monoisotopic (exact) mass is 470 g/mol. The number of benzene rings is 2. The Hall–Kier alpha value is -2.73. The number of hydrogen-bond donors (Lipinski definition) is 1. The number of rotatable bonds is 7. The molecule has 0 spiro atoms. The van der Waals surface area contributed by atoms with E-state index in [1.54, 1.807) is 4.90 Å². The molecule has 6 nitrogen and oxygen atoms in total. The van der Waals surface area contributed by atoms with Gasteiger partial charge >= 0.3 is 0 Å². The van der Waals surface area contributed by atoms with Crippen molar-refractivity contribution in [2.75, 3.05) is 19.0 Å². The molecule has 0 aromatic heterocycles. The lowest BCUT2D eigenvalue weighted by atomic mass is 9.94. The van der Waals surface area contributed by atoms with E-state index in [0.717, 1.165) is 36.8 Å². The van der Waals surface area contributed by atoms with Gasteiger partial charge in [-0.25, -0.2) is 0 Å². The summed E-state index contributed by atoms with van der Waals surface area (Å²) in [5, 5.41) is 3.21. The molecule has 2 unspecified atom stereocenters. The predicted molar refractivity (Wildman–Crippen MR) is 128 cm³/mol. The normalized spacial score (nSPS) is 18.9. The van der Waals surface area contributed by atoms with E-state index in [9.17, 15) is 9.59 Å². The molecule has 7 heteroatoms. The van der Waals surface area contributed by atoms with Gasteiger partial charge in [0, 0.05) is 6.04 Å². The Kier molecular flexibility index (Phi) is 7.76. The van der Waals surface area contributed by atoms with Gasteiger partial charge in [0.1, 0.15) is 18.5 Å². The summed E-state index contributed by atoms with van der Waals surface area (Å²) < 4.78 is 12.0. The first kappa shape index (κ1) is 23.4. The first-order valence-electron chi connectivity index (χ1n) is 11.7. The molecule has 0 radical (unpaired) electrons. The van der Waals surface area contributed by atoms with E-state index >= 15 is 0 Å². The van der Waals surface area contributed by atoms with Crippen molar-refractivity contribution in [1.82, 2.24) is 10.2 Å². The summed E-state index contributed by atoms with van der Waals surface area (Å²) in [6.45, 7) is 2.43. The molecule has 4 rings (SSSR count). The van der Waals surface area contributed by atoms with Crippen molar-refractivity contribution in [2.24, 2.45) is 0 Å². The van der Waals surface area contributed by atoms with E-state index in [-0.39, 0.29) is 36.9 Å². The van der Waals surface area contributed by atoms with Crippen LogP contribution in [0.1, 0.15) is 49.3 Å². The van der Waals surface area contributed by atoms with Gasteiger partial charge in [-0.05, 0) is 43.0 Å². The Morgan fingerprint density at radius 3 is 2.48 bits per heavy atom. The van der Waals surface area contributed by atoms with Crippen LogP contribution in [0.25, 0.3) is 0 Å². The summed E-state index contributed by atoms with van der Waals surface area (Å²) in [5.41, 5.74) is 1.74. The standard InChI is InChI=1S/C26H31ClN2O4/c1-18-9-5-6-12-21(18)25(26(31)28-19-10-3-2-4-11-19)29(24(30)15-27)16-20-17-32-22-13-7-8-14-23(22)33-20/h5-9,12-14,19-20,25H,2-4,10-11,15-17H2,1H3,(H,28,31). The van der Waals surface area contributed by atoms with Gasteiger partial charge in [0.25, 0.3) is 0 Å². The fraction of sp³-hybridized carbons (Fsp3) is 0.462. The number of hydrogen-bond acceptors (Lipinski definition) is 4. The molecule has 176 valence electrons. The number of carbonyl (C=O) groups is 2. The summed E-state index contributed by atoms with van der Waals surface area (Å²) in [7, 11) is 0. The summed E-state index contributed by atoms with van der Waals surface area (Å²) in [6, 6.07) is 14.5. The van der Waals surface area contributed by atoms with Gasteiger partial charge in [-0.15, -0.1) is 11.6 Å². The zero-order valence-corrected chi connectivity index (χ0v) is 19.7. The fourth-order valence-electron chi connectivity index (χ4n) is 4.67. The maximum Gasteiger partial charge on any atom is 0.247 e. The van der Waals surface area contributed by atoms with Crippen molar-refractivity contribution in [3.63, 3.8) is 0 Å². The summed E-state index contributed by atoms with van der Waals surface area (Å²) in [6.07, 6.45) is 4.93. The van der Waals surface area contributed by atoms with Gasteiger partial charge in [0.05, 0.1) is 6.54 Å². The van der Waals surface area contributed by atoms with Gasteiger partial charge < -0.3 is 19.7 Å². The third-order valence-electron chi connectivity index (χ3n) is 6.40. The highest BCUT2D eigenvalue weighted by atomic mass is 35.5. The van der Waals surface area contributed by atoms with Crippen molar-refractivity contribution in [1.29, 1.82) is 0 Å². The maximum atomic E-state index is 13.6. The van der Waals surface area contributed by atoms with Crippen molar-refractivity contribution in [2.45, 2.75) is 57.2 Å². The van der Waals surface area contributed by atoms with Crippen molar-refractivity contribution in [3.05, 3.63) is 59.7 Å². The largest absolute Gasteiger partial charge is 0.486 e. The summed E-state index contributed by atoms with van der Waals surface area (Å²) in [4.78, 5) is 28.3. The molecular formula is C26H31ClN2O4. The zero-order valence-electron chi connectivity index (χ0n) is 19.0. The zero-order chi connectivity index (χ0) is 23.2. The fourth-order valence-corrected chi connectivity index (χ4v) is 4.83. The Balaban J connectivity index is 1.61. The van der Waals surface area contributed by atoms with Gasteiger partial charge in [-0.2, -0.15) is 0 Å². The van der Waals surface area contributed by atoms with Crippen LogP contribution in [0, 0.1) is 6.92 Å². The SMILES string of the molecule is Cc1ccccc1C(C(=O)NC1CCCCC1)N(CC1COc2ccccc2O1)C(=O)CCl. The van der Waals surface area contributed by atoms with Crippen LogP contribution in [-0.4, -0.2) is 47.9 Å². The minimum Gasteiger partial charge on any atom is -0.486 e. The Morgan fingerprint density at radius 2 is 1.76 bits per heavy atom. The molecule has 0 bridgehead atoms. The lowest BCUT2D eigenvalue weighted by molar-refractivity contribution is -0.141. The number of aryl methyl sites for hydroxylation is 1. The third kappa shape index (κ3) is 5.61. The van der Waals surface area contributed by atoms with Crippen molar-refractivity contribution >= 4 is 23.4 Å². The molecule has 1 aliphatic heterocycles. The van der Waals surface area contributed by atoms with Gasteiger partial charge in [-0.3, -0.25) is 9.59 Å². The molecule has 1 fully saturated rings. The molecule has 1 N–H and O–H groups in total. The molecule has 0 saturated heterocycles. The highest BCUT2D eigenvalue weighted by Gasteiger charge is 2.36. The van der Waals surface area contributed by atoms with Crippen LogP contribution < -0.4 is 14.8 Å². The first-order valence-corrected chi connectivity index (χ1v) is 12.2. The van der Waals surface area contributed by atoms with Gasteiger partial charge in [0.15, 0.2) is 17.6 Å². The number of fused-ring (bicyclic) bond motifs is 1. The van der Waals surface area contributed by atoms with Crippen LogP contribution in [0.3, 0.4) is 0 Å². The van der Waals surface area contributed by atoms with Crippen LogP contribution >= 0.6 is 11.6 Å². The maximum absolute atomic E-state index is 13.6. The molecule has 1 heterocycles. The number of nitrogens with zero attached hydrogens (tertiary/aromatic N) is 1. The topological polar surface area (TPSA) is 67.9 Å². The third-order valence-corrected chi connectivity index (χ3v) is 6.63. The summed E-state index contributed by atoms with van der Waals surface area (Å²) >= 11 is 6.02. The molecule has 2 aromatic carbocycles. The molecule has 2 aliphatic rings. The average molecular weight is 471 g/mol. The quantitative estimate of drug-likeness (QED) is 0.609. The minimum atomic E-state index is -0.792. The van der Waals surface area contributed by atoms with Gasteiger partial charge in [0.2, 0.25) is 11.8 Å².